The Labute approximate surface area is 41.1 Å². The third-order valence-corrected chi connectivity index (χ3v) is 1.17. The van der Waals surface area contributed by atoms with Crippen molar-refractivity contribution in [3.8, 4) is 0 Å². The van der Waals surface area contributed by atoms with E-state index in [1.807, 2.05) is 0 Å². The summed E-state index contributed by atoms with van der Waals surface area (Å²) in [6.45, 7) is 0. The molecule has 1 fully saturated rings. The third-order valence-electron chi connectivity index (χ3n) is 1.17. The second kappa shape index (κ2) is 1.41. The Morgan fingerprint density at radius 1 is 1.86 bits per heavy atom. The van der Waals surface area contributed by atoms with E-state index in [9.17, 15) is 5.21 Å². The summed E-state index contributed by atoms with van der Waals surface area (Å²) in [6.07, 6.45) is -0.691. The molecule has 1 heterocycles. The van der Waals surface area contributed by atoms with Gasteiger partial charge in [0.05, 0.1) is 6.42 Å². The molecule has 0 bridgehead atoms. The normalized spacial score (nSPS) is 51.0. The molecule has 1 rings (SSSR count). The van der Waals surface area contributed by atoms with Crippen molar-refractivity contribution in [2.24, 2.45) is 5.73 Å². The van der Waals surface area contributed by atoms with Crippen LogP contribution in [0.1, 0.15) is 6.42 Å². The maximum atomic E-state index is 10.2. The number of hydroxylamine groups is 2. The smallest absolute Gasteiger partial charge is 0.197 e. The maximum absolute atomic E-state index is 10.2. The van der Waals surface area contributed by atoms with Crippen molar-refractivity contribution in [3.05, 3.63) is 5.21 Å². The van der Waals surface area contributed by atoms with Gasteiger partial charge in [-0.05, 0) is 0 Å². The predicted molar refractivity (Wildman–Crippen MR) is 22.9 cm³/mol. The van der Waals surface area contributed by atoms with Crippen LogP contribution in [0.5, 0.6) is 0 Å². The van der Waals surface area contributed by atoms with Gasteiger partial charge in [0.1, 0.15) is 6.17 Å². The highest BCUT2D eigenvalue weighted by atomic mass is 16.5. The van der Waals surface area contributed by atoms with E-state index in [1.54, 1.807) is 0 Å². The van der Waals surface area contributed by atoms with Crippen LogP contribution in [0.2, 0.25) is 0 Å². The average molecular weight is 104 g/mol. The van der Waals surface area contributed by atoms with Gasteiger partial charge in [0.25, 0.3) is 0 Å². The van der Waals surface area contributed by atoms with Gasteiger partial charge in [-0.3, -0.25) is 5.73 Å². The zero-order chi connectivity index (χ0) is 5.44. The largest absolute Gasteiger partial charge is 0.631 e. The molecule has 0 saturated carbocycles. The highest BCUT2D eigenvalue weighted by Crippen LogP contribution is 1.92. The number of rotatable bonds is 0. The standard InChI is InChI=1S/C3H8N2O2/c4-2-1-3(6)5(2)7/h2-3,5-6H,1,4H2. The number of quaternary nitrogens is 1. The van der Waals surface area contributed by atoms with Crippen molar-refractivity contribution in [2.75, 3.05) is 0 Å². The second-order valence-electron chi connectivity index (χ2n) is 1.76. The lowest BCUT2D eigenvalue weighted by Gasteiger charge is -2.41. The first-order chi connectivity index (χ1) is 3.22. The summed E-state index contributed by atoms with van der Waals surface area (Å²) in [5.41, 5.74) is 5.10. The number of aliphatic hydroxyl groups excluding tert-OH is 1. The van der Waals surface area contributed by atoms with E-state index in [4.69, 9.17) is 10.8 Å². The van der Waals surface area contributed by atoms with Crippen LogP contribution >= 0.6 is 0 Å². The predicted octanol–water partition coefficient (Wildman–Crippen LogP) is -2.62. The first-order valence-electron chi connectivity index (χ1n) is 2.19. The molecule has 4 N–H and O–H groups in total. The molecule has 0 aliphatic carbocycles. The molecule has 0 aromatic heterocycles. The molecule has 7 heavy (non-hydrogen) atoms. The molecule has 0 amide bonds. The summed E-state index contributed by atoms with van der Waals surface area (Å²) < 4.78 is 0. The Morgan fingerprint density at radius 3 is 2.43 bits per heavy atom. The van der Waals surface area contributed by atoms with E-state index in [0.29, 0.717) is 6.42 Å². The fourth-order valence-electron chi connectivity index (χ4n) is 0.559. The number of hydrogen-bond acceptors (Lipinski definition) is 3. The van der Waals surface area contributed by atoms with Gasteiger partial charge in [-0.2, -0.15) is 0 Å². The van der Waals surface area contributed by atoms with Crippen molar-refractivity contribution >= 4 is 0 Å². The Kier molecular flexibility index (Phi) is 1.01. The quantitative estimate of drug-likeness (QED) is 0.294. The highest BCUT2D eigenvalue weighted by molar-refractivity contribution is 4.58. The minimum absolute atomic E-state index is 0.222. The molecular weight excluding hydrogens is 96.0 g/mol. The lowest BCUT2D eigenvalue weighted by Crippen LogP contribution is -3.23. The molecule has 0 spiro atoms. The fourth-order valence-corrected chi connectivity index (χ4v) is 0.559. The van der Waals surface area contributed by atoms with Crippen LogP contribution in [-0.2, 0) is 0 Å². The van der Waals surface area contributed by atoms with Gasteiger partial charge >= 0.3 is 0 Å². The first kappa shape index (κ1) is 4.99. The molecule has 0 aromatic carbocycles. The van der Waals surface area contributed by atoms with Crippen LogP contribution in [0, 0.1) is 5.21 Å². The van der Waals surface area contributed by atoms with Gasteiger partial charge < -0.3 is 15.4 Å². The van der Waals surface area contributed by atoms with Gasteiger partial charge in [0.15, 0.2) is 6.23 Å². The van der Waals surface area contributed by atoms with E-state index in [-0.39, 0.29) is 11.2 Å². The van der Waals surface area contributed by atoms with Crippen molar-refractivity contribution in [1.82, 2.24) is 0 Å². The Hall–Kier alpha value is -0.160. The monoisotopic (exact) mass is 104 g/mol. The summed E-state index contributed by atoms with van der Waals surface area (Å²) in [5, 5.41) is 18.4. The molecule has 1 aliphatic rings. The third kappa shape index (κ3) is 0.614. The average Bonchev–Trinajstić information content (AvgIpc) is 1.68. The molecule has 0 radical (unpaired) electrons. The van der Waals surface area contributed by atoms with Gasteiger partial charge in [-0.25, -0.2) is 0 Å². The van der Waals surface area contributed by atoms with Crippen LogP contribution < -0.4 is 10.8 Å². The molecule has 1 saturated heterocycles. The van der Waals surface area contributed by atoms with E-state index >= 15 is 0 Å². The summed E-state index contributed by atoms with van der Waals surface area (Å²) >= 11 is 0. The fraction of sp³-hybridized carbons (Fsp3) is 1.00. The van der Waals surface area contributed by atoms with Crippen LogP contribution in [0.15, 0.2) is 0 Å². The maximum Gasteiger partial charge on any atom is 0.197 e. The first-order valence-corrected chi connectivity index (χ1v) is 2.19. The number of aliphatic hydroxyl groups is 1. The minimum atomic E-state index is -0.755. The highest BCUT2D eigenvalue weighted by Gasteiger charge is 2.32. The van der Waals surface area contributed by atoms with Crippen molar-refractivity contribution in [1.29, 1.82) is 0 Å². The van der Waals surface area contributed by atoms with E-state index in [0.717, 1.165) is 0 Å². The molecule has 42 valence electrons. The zero-order valence-electron chi connectivity index (χ0n) is 3.79. The van der Waals surface area contributed by atoms with Gasteiger partial charge in [0, 0.05) is 0 Å². The number of nitrogens with one attached hydrogen (secondary N) is 1. The Morgan fingerprint density at radius 2 is 2.43 bits per heavy atom. The lowest BCUT2D eigenvalue weighted by molar-refractivity contribution is -0.972. The number of hydrogen-bond donors (Lipinski definition) is 3. The molecular formula is C3H8N2O2. The Bertz CT molecular complexity index is 69.3. The molecule has 3 atom stereocenters. The van der Waals surface area contributed by atoms with E-state index in [2.05, 4.69) is 0 Å². The van der Waals surface area contributed by atoms with Crippen molar-refractivity contribution < 1.29 is 10.2 Å². The van der Waals surface area contributed by atoms with Crippen molar-refractivity contribution in [2.45, 2.75) is 18.8 Å². The molecule has 3 unspecified atom stereocenters. The van der Waals surface area contributed by atoms with E-state index in [1.165, 1.54) is 0 Å². The van der Waals surface area contributed by atoms with Crippen molar-refractivity contribution in [3.63, 3.8) is 0 Å². The van der Waals surface area contributed by atoms with Crippen LogP contribution in [-0.4, -0.2) is 17.5 Å². The molecule has 0 aromatic rings. The SMILES string of the molecule is NC1CC(O)[NH+]1[O-]. The van der Waals surface area contributed by atoms with Crippen LogP contribution in [0.25, 0.3) is 0 Å². The molecule has 4 nitrogen and oxygen atoms in total. The van der Waals surface area contributed by atoms with Crippen LogP contribution in [0.4, 0.5) is 0 Å². The second-order valence-corrected chi connectivity index (χ2v) is 1.76. The summed E-state index contributed by atoms with van der Waals surface area (Å²) in [7, 11) is 0. The molecule has 4 heteroatoms. The minimum Gasteiger partial charge on any atom is -0.631 e. The van der Waals surface area contributed by atoms with Gasteiger partial charge in [-0.1, -0.05) is 0 Å². The van der Waals surface area contributed by atoms with Gasteiger partial charge in [-0.15, -0.1) is 0 Å². The topological polar surface area (TPSA) is 73.8 Å². The summed E-state index contributed by atoms with van der Waals surface area (Å²) in [4.78, 5) is 0. The van der Waals surface area contributed by atoms with Crippen LogP contribution in [0.3, 0.4) is 0 Å². The summed E-state index contributed by atoms with van der Waals surface area (Å²) in [6, 6.07) is 0. The summed E-state index contributed by atoms with van der Waals surface area (Å²) in [5.74, 6) is 0. The zero-order valence-corrected chi connectivity index (χ0v) is 3.79. The van der Waals surface area contributed by atoms with Gasteiger partial charge in [0.2, 0.25) is 0 Å². The Balaban J connectivity index is 2.29. The van der Waals surface area contributed by atoms with E-state index < -0.39 is 6.23 Å². The lowest BCUT2D eigenvalue weighted by atomic mass is 10.2. The molecule has 1 aliphatic heterocycles. The number of nitrogens with two attached hydrogens (primary N) is 1.